The van der Waals surface area contributed by atoms with Crippen LogP contribution in [-0.4, -0.2) is 10.9 Å². The molecule has 0 saturated heterocycles. The molecule has 0 aliphatic heterocycles. The number of hydrogen-bond acceptors (Lipinski definition) is 2. The van der Waals surface area contributed by atoms with Crippen LogP contribution in [0.2, 0.25) is 0 Å². The maximum atomic E-state index is 8.94. The van der Waals surface area contributed by atoms with E-state index in [-0.39, 0.29) is 0 Å². The van der Waals surface area contributed by atoms with Gasteiger partial charge in [-0.2, -0.15) is 0 Å². The zero-order chi connectivity index (χ0) is 11.6. The van der Waals surface area contributed by atoms with E-state index >= 15 is 0 Å². The van der Waals surface area contributed by atoms with Gasteiger partial charge in [0, 0.05) is 5.92 Å². The minimum Gasteiger partial charge on any atom is -0.411 e. The lowest BCUT2D eigenvalue weighted by atomic mass is 9.76. The minimum atomic E-state index is 0.441. The molecule has 1 N–H and O–H groups in total. The first kappa shape index (κ1) is 11.7. The molecule has 0 spiro atoms. The van der Waals surface area contributed by atoms with Crippen LogP contribution < -0.4 is 0 Å². The number of nitrogens with zero attached hydrogens (tertiary/aromatic N) is 1. The van der Waals surface area contributed by atoms with Gasteiger partial charge in [0.25, 0.3) is 0 Å². The highest BCUT2D eigenvalue weighted by atomic mass is 16.4. The van der Waals surface area contributed by atoms with Crippen LogP contribution in [0.5, 0.6) is 0 Å². The Morgan fingerprint density at radius 1 is 1.62 bits per heavy atom. The van der Waals surface area contributed by atoms with Crippen molar-refractivity contribution in [3.05, 3.63) is 12.2 Å². The maximum Gasteiger partial charge on any atom is 0.0571 e. The Kier molecular flexibility index (Phi) is 3.36. The standard InChI is InChI=1S/C14H23NO/c1-3-4-13(11(2)15-16)10-14-7-5-12(9-14)6-8-14/h5,7,12-13,16H,3-4,6,8-10H2,1-2H3. The number of oxime groups is 1. The smallest absolute Gasteiger partial charge is 0.0571 e. The Balaban J connectivity index is 2.03. The summed E-state index contributed by atoms with van der Waals surface area (Å²) < 4.78 is 0. The number of rotatable bonds is 5. The van der Waals surface area contributed by atoms with E-state index in [0.29, 0.717) is 11.3 Å². The fourth-order valence-electron chi connectivity index (χ4n) is 3.49. The van der Waals surface area contributed by atoms with Gasteiger partial charge in [-0.25, -0.2) is 0 Å². The predicted octanol–water partition coefficient (Wildman–Crippen LogP) is 4.00. The monoisotopic (exact) mass is 221 g/mol. The summed E-state index contributed by atoms with van der Waals surface area (Å²) in [7, 11) is 0. The molecule has 1 fully saturated rings. The van der Waals surface area contributed by atoms with Gasteiger partial charge in [-0.15, -0.1) is 0 Å². The average Bonchev–Trinajstić information content (AvgIpc) is 2.87. The first-order valence-corrected chi connectivity index (χ1v) is 6.57. The summed E-state index contributed by atoms with van der Waals surface area (Å²) in [5.74, 6) is 1.31. The first-order chi connectivity index (χ1) is 7.69. The molecular weight excluding hydrogens is 198 g/mol. The highest BCUT2D eigenvalue weighted by molar-refractivity contribution is 5.83. The molecular formula is C14H23NO. The topological polar surface area (TPSA) is 32.6 Å². The lowest BCUT2D eigenvalue weighted by molar-refractivity contribution is 0.294. The Morgan fingerprint density at radius 2 is 2.44 bits per heavy atom. The van der Waals surface area contributed by atoms with E-state index in [0.717, 1.165) is 18.1 Å². The molecule has 2 bridgehead atoms. The largest absolute Gasteiger partial charge is 0.411 e. The third-order valence-corrected chi connectivity index (χ3v) is 4.44. The normalized spacial score (nSPS) is 34.6. The van der Waals surface area contributed by atoms with Crippen LogP contribution in [0.4, 0.5) is 0 Å². The number of hydrogen-bond donors (Lipinski definition) is 1. The molecule has 0 radical (unpaired) electrons. The SMILES string of the molecule is CCCC(CC12C=CC(CC1)C2)C(C)=NO. The molecule has 2 rings (SSSR count). The Hall–Kier alpha value is -0.790. The predicted molar refractivity (Wildman–Crippen MR) is 66.8 cm³/mol. The summed E-state index contributed by atoms with van der Waals surface area (Å²) in [5, 5.41) is 12.4. The summed E-state index contributed by atoms with van der Waals surface area (Å²) in [5.41, 5.74) is 1.36. The van der Waals surface area contributed by atoms with Gasteiger partial charge in [-0.05, 0) is 50.4 Å². The molecule has 0 aromatic heterocycles. The Labute approximate surface area is 98.4 Å². The Bertz CT molecular complexity index is 308. The maximum absolute atomic E-state index is 8.94. The van der Waals surface area contributed by atoms with Crippen molar-refractivity contribution in [1.29, 1.82) is 0 Å². The van der Waals surface area contributed by atoms with E-state index in [1.54, 1.807) is 0 Å². The van der Waals surface area contributed by atoms with Gasteiger partial charge in [-0.1, -0.05) is 30.7 Å². The zero-order valence-corrected chi connectivity index (χ0v) is 10.4. The van der Waals surface area contributed by atoms with Crippen molar-refractivity contribution in [3.63, 3.8) is 0 Å². The second-order valence-corrected chi connectivity index (χ2v) is 5.66. The summed E-state index contributed by atoms with van der Waals surface area (Å²) in [6.07, 6.45) is 12.4. The van der Waals surface area contributed by atoms with Gasteiger partial charge in [0.05, 0.1) is 5.71 Å². The van der Waals surface area contributed by atoms with Crippen LogP contribution in [0, 0.1) is 17.3 Å². The highest BCUT2D eigenvalue weighted by Gasteiger charge is 2.42. The summed E-state index contributed by atoms with van der Waals surface area (Å²) in [4.78, 5) is 0. The van der Waals surface area contributed by atoms with Crippen molar-refractivity contribution in [2.75, 3.05) is 0 Å². The van der Waals surface area contributed by atoms with Crippen LogP contribution in [0.15, 0.2) is 17.3 Å². The molecule has 1 saturated carbocycles. The summed E-state index contributed by atoms with van der Waals surface area (Å²) >= 11 is 0. The van der Waals surface area contributed by atoms with E-state index in [9.17, 15) is 0 Å². The van der Waals surface area contributed by atoms with E-state index in [4.69, 9.17) is 5.21 Å². The van der Waals surface area contributed by atoms with E-state index < -0.39 is 0 Å². The lowest BCUT2D eigenvalue weighted by Gasteiger charge is -2.28. The van der Waals surface area contributed by atoms with Gasteiger partial charge in [-0.3, -0.25) is 0 Å². The van der Waals surface area contributed by atoms with Crippen LogP contribution in [0.25, 0.3) is 0 Å². The Morgan fingerprint density at radius 3 is 2.88 bits per heavy atom. The molecule has 2 aliphatic rings. The van der Waals surface area contributed by atoms with Crippen molar-refractivity contribution in [2.24, 2.45) is 22.4 Å². The van der Waals surface area contributed by atoms with Crippen molar-refractivity contribution in [1.82, 2.24) is 0 Å². The number of allylic oxidation sites excluding steroid dienone is 2. The third kappa shape index (κ3) is 2.16. The second-order valence-electron chi connectivity index (χ2n) is 5.66. The lowest BCUT2D eigenvalue weighted by Crippen LogP contribution is -2.22. The third-order valence-electron chi connectivity index (χ3n) is 4.44. The van der Waals surface area contributed by atoms with Gasteiger partial charge >= 0.3 is 0 Å². The molecule has 2 aliphatic carbocycles. The van der Waals surface area contributed by atoms with E-state index in [2.05, 4.69) is 24.2 Å². The first-order valence-electron chi connectivity index (χ1n) is 6.57. The van der Waals surface area contributed by atoms with Crippen LogP contribution in [0.1, 0.15) is 52.4 Å². The molecule has 3 unspecified atom stereocenters. The molecule has 90 valence electrons. The minimum absolute atomic E-state index is 0.441. The van der Waals surface area contributed by atoms with Gasteiger partial charge in [0.1, 0.15) is 0 Å². The van der Waals surface area contributed by atoms with Crippen LogP contribution in [-0.2, 0) is 0 Å². The fourth-order valence-corrected chi connectivity index (χ4v) is 3.49. The molecule has 0 amide bonds. The molecule has 0 aromatic rings. The highest BCUT2D eigenvalue weighted by Crippen LogP contribution is 2.53. The van der Waals surface area contributed by atoms with Crippen molar-refractivity contribution in [3.8, 4) is 0 Å². The average molecular weight is 221 g/mol. The molecule has 0 heterocycles. The molecule has 3 atom stereocenters. The fraction of sp³-hybridized carbons (Fsp3) is 0.786. The van der Waals surface area contributed by atoms with Crippen LogP contribution in [0.3, 0.4) is 0 Å². The summed E-state index contributed by atoms with van der Waals surface area (Å²) in [6.45, 7) is 4.17. The number of fused-ring (bicyclic) bond motifs is 2. The van der Waals surface area contributed by atoms with Crippen LogP contribution >= 0.6 is 0 Å². The van der Waals surface area contributed by atoms with Crippen molar-refractivity contribution < 1.29 is 5.21 Å². The molecule has 2 nitrogen and oxygen atoms in total. The quantitative estimate of drug-likeness (QED) is 0.323. The van der Waals surface area contributed by atoms with Gasteiger partial charge in [0.2, 0.25) is 0 Å². The van der Waals surface area contributed by atoms with Gasteiger partial charge < -0.3 is 5.21 Å². The van der Waals surface area contributed by atoms with E-state index in [1.165, 1.54) is 32.1 Å². The summed E-state index contributed by atoms with van der Waals surface area (Å²) in [6, 6.07) is 0. The van der Waals surface area contributed by atoms with Crippen molar-refractivity contribution >= 4 is 5.71 Å². The second kappa shape index (κ2) is 4.60. The molecule has 2 heteroatoms. The van der Waals surface area contributed by atoms with E-state index in [1.807, 2.05) is 6.92 Å². The zero-order valence-electron chi connectivity index (χ0n) is 10.4. The van der Waals surface area contributed by atoms with Gasteiger partial charge in [0.15, 0.2) is 0 Å². The van der Waals surface area contributed by atoms with Crippen molar-refractivity contribution in [2.45, 2.75) is 52.4 Å². The molecule has 0 aromatic carbocycles. The molecule has 16 heavy (non-hydrogen) atoms.